The van der Waals surface area contributed by atoms with Crippen molar-refractivity contribution in [3.05, 3.63) is 64.0 Å². The smallest absolute Gasteiger partial charge is 0.363 e. The number of aryl methyl sites for hydroxylation is 2. The quantitative estimate of drug-likeness (QED) is 0.676. The summed E-state index contributed by atoms with van der Waals surface area (Å²) < 4.78 is 33.9. The summed E-state index contributed by atoms with van der Waals surface area (Å²) >= 11 is 0. The molecular weight excluding hydrogens is 376 g/mol. The Labute approximate surface area is 163 Å². The van der Waals surface area contributed by atoms with Crippen molar-refractivity contribution in [3.63, 3.8) is 0 Å². The number of nitrogens with one attached hydrogen (secondary N) is 1. The van der Waals surface area contributed by atoms with E-state index in [-0.39, 0.29) is 10.6 Å². The third kappa shape index (κ3) is 3.26. The molecule has 0 aliphatic carbocycles. The zero-order valence-corrected chi connectivity index (χ0v) is 16.7. The van der Waals surface area contributed by atoms with Crippen LogP contribution in [0, 0.1) is 13.8 Å². The van der Waals surface area contributed by atoms with Crippen LogP contribution < -0.4 is 15.2 Å². The predicted molar refractivity (Wildman–Crippen MR) is 111 cm³/mol. The summed E-state index contributed by atoms with van der Waals surface area (Å²) in [5.74, 6) is 0. The van der Waals surface area contributed by atoms with Crippen LogP contribution in [0.3, 0.4) is 0 Å². The Balaban J connectivity index is 1.88. The average molecular weight is 398 g/mol. The molecule has 1 aliphatic rings. The fourth-order valence-corrected chi connectivity index (χ4v) is 4.71. The van der Waals surface area contributed by atoms with E-state index in [1.165, 1.54) is 0 Å². The van der Waals surface area contributed by atoms with Gasteiger partial charge in [-0.05, 0) is 62.1 Å². The number of nitrogens with zero attached hydrogens (tertiary/aromatic N) is 1. The Morgan fingerprint density at radius 1 is 1.00 bits per heavy atom. The summed E-state index contributed by atoms with van der Waals surface area (Å²) in [6.07, 6.45) is 2.00. The van der Waals surface area contributed by atoms with E-state index in [9.17, 15) is 13.2 Å². The first kappa shape index (κ1) is 18.6. The van der Waals surface area contributed by atoms with Gasteiger partial charge in [-0.15, -0.1) is 0 Å². The number of sulfonamides is 1. The van der Waals surface area contributed by atoms with Gasteiger partial charge in [0, 0.05) is 18.5 Å². The van der Waals surface area contributed by atoms with Gasteiger partial charge >= 0.3 is 5.63 Å². The minimum absolute atomic E-state index is 0.0289. The number of benzene rings is 2. The lowest BCUT2D eigenvalue weighted by Gasteiger charge is -2.22. The molecule has 0 amide bonds. The number of para-hydroxylation sites is 1. The second kappa shape index (κ2) is 6.98. The van der Waals surface area contributed by atoms with Crippen LogP contribution in [0.25, 0.3) is 11.0 Å². The normalized spacial score (nSPS) is 14.6. The number of anilines is 2. The third-order valence-electron chi connectivity index (χ3n) is 5.23. The third-order valence-corrected chi connectivity index (χ3v) is 6.58. The lowest BCUT2D eigenvalue weighted by molar-refractivity contribution is 0.562. The first-order valence-electron chi connectivity index (χ1n) is 9.28. The fraction of sp³-hybridized carbons (Fsp3) is 0.286. The van der Waals surface area contributed by atoms with Gasteiger partial charge in [-0.25, -0.2) is 13.2 Å². The lowest BCUT2D eigenvalue weighted by Crippen LogP contribution is -2.25. The Kier molecular flexibility index (Phi) is 4.63. The molecule has 0 atom stereocenters. The minimum Gasteiger partial charge on any atom is -0.421 e. The van der Waals surface area contributed by atoms with Crippen LogP contribution in [0.2, 0.25) is 0 Å². The molecule has 0 unspecified atom stereocenters. The Bertz CT molecular complexity index is 1210. The SMILES string of the molecule is Cc1ccc(S(=O)(=O)Nc2c(N3CCCC3)c3ccccc3oc2=O)cc1C. The Hall–Kier alpha value is -2.80. The predicted octanol–water partition coefficient (Wildman–Crippen LogP) is 3.81. The number of fused-ring (bicyclic) bond motifs is 1. The molecule has 28 heavy (non-hydrogen) atoms. The van der Waals surface area contributed by atoms with Crippen LogP contribution >= 0.6 is 0 Å². The van der Waals surface area contributed by atoms with Crippen LogP contribution in [0.15, 0.2) is 56.6 Å². The molecule has 0 saturated carbocycles. The Morgan fingerprint density at radius 2 is 1.71 bits per heavy atom. The molecule has 3 aromatic rings. The van der Waals surface area contributed by atoms with Crippen molar-refractivity contribution in [2.24, 2.45) is 0 Å². The summed E-state index contributed by atoms with van der Waals surface area (Å²) in [5.41, 5.74) is 2.20. The van der Waals surface area contributed by atoms with Crippen molar-refractivity contribution in [2.45, 2.75) is 31.6 Å². The molecule has 1 aliphatic heterocycles. The van der Waals surface area contributed by atoms with E-state index < -0.39 is 15.6 Å². The van der Waals surface area contributed by atoms with Crippen LogP contribution in [0.5, 0.6) is 0 Å². The molecule has 6 nitrogen and oxygen atoms in total. The molecule has 4 rings (SSSR count). The zero-order chi connectivity index (χ0) is 19.9. The monoisotopic (exact) mass is 398 g/mol. The van der Waals surface area contributed by atoms with Gasteiger partial charge in [-0.2, -0.15) is 0 Å². The summed E-state index contributed by atoms with van der Waals surface area (Å²) in [6, 6.07) is 12.1. The zero-order valence-electron chi connectivity index (χ0n) is 15.9. The van der Waals surface area contributed by atoms with Crippen molar-refractivity contribution in [1.82, 2.24) is 0 Å². The molecule has 7 heteroatoms. The second-order valence-corrected chi connectivity index (χ2v) is 8.84. The standard InChI is InChI=1S/C21H22N2O4S/c1-14-9-10-16(13-15(14)2)28(25,26)22-19-20(23-11-5-6-12-23)17-7-3-4-8-18(17)27-21(19)24/h3-4,7-10,13,22H,5-6,11-12H2,1-2H3. The first-order valence-corrected chi connectivity index (χ1v) is 10.8. The van der Waals surface area contributed by atoms with Gasteiger partial charge in [0.2, 0.25) is 0 Å². The number of rotatable bonds is 4. The molecule has 146 valence electrons. The molecule has 2 heterocycles. The summed E-state index contributed by atoms with van der Waals surface area (Å²) in [4.78, 5) is 14.9. The van der Waals surface area contributed by atoms with Crippen molar-refractivity contribution < 1.29 is 12.8 Å². The van der Waals surface area contributed by atoms with E-state index in [1.54, 1.807) is 30.3 Å². The molecule has 1 saturated heterocycles. The summed E-state index contributed by atoms with van der Waals surface area (Å²) in [7, 11) is -3.93. The largest absolute Gasteiger partial charge is 0.421 e. The van der Waals surface area contributed by atoms with E-state index >= 15 is 0 Å². The average Bonchev–Trinajstić information content (AvgIpc) is 3.18. The van der Waals surface area contributed by atoms with E-state index in [4.69, 9.17) is 4.42 Å². The van der Waals surface area contributed by atoms with Gasteiger partial charge in [0.25, 0.3) is 10.0 Å². The van der Waals surface area contributed by atoms with Gasteiger partial charge in [-0.3, -0.25) is 4.72 Å². The highest BCUT2D eigenvalue weighted by Crippen LogP contribution is 2.35. The van der Waals surface area contributed by atoms with Gasteiger partial charge in [0.15, 0.2) is 5.69 Å². The molecule has 1 aromatic heterocycles. The summed E-state index contributed by atoms with van der Waals surface area (Å²) in [6.45, 7) is 5.31. The van der Waals surface area contributed by atoms with E-state index in [1.807, 2.05) is 26.0 Å². The van der Waals surface area contributed by atoms with Crippen molar-refractivity contribution in [1.29, 1.82) is 0 Å². The molecule has 1 fully saturated rings. The summed E-state index contributed by atoms with van der Waals surface area (Å²) in [5, 5.41) is 0.724. The first-order chi connectivity index (χ1) is 13.4. The highest BCUT2D eigenvalue weighted by molar-refractivity contribution is 7.92. The highest BCUT2D eigenvalue weighted by Gasteiger charge is 2.26. The van der Waals surface area contributed by atoms with E-state index in [0.29, 0.717) is 11.3 Å². The molecule has 2 aromatic carbocycles. The molecule has 0 bridgehead atoms. The molecule has 0 spiro atoms. The van der Waals surface area contributed by atoms with Crippen LogP contribution in [0.1, 0.15) is 24.0 Å². The maximum Gasteiger partial charge on any atom is 0.363 e. The van der Waals surface area contributed by atoms with Gasteiger partial charge in [-0.1, -0.05) is 18.2 Å². The van der Waals surface area contributed by atoms with Crippen LogP contribution in [-0.2, 0) is 10.0 Å². The minimum atomic E-state index is -3.93. The van der Waals surface area contributed by atoms with Crippen LogP contribution in [0.4, 0.5) is 11.4 Å². The topological polar surface area (TPSA) is 79.6 Å². The highest BCUT2D eigenvalue weighted by atomic mass is 32.2. The maximum atomic E-state index is 13.0. The molecular formula is C21H22N2O4S. The maximum absolute atomic E-state index is 13.0. The number of hydrogen-bond donors (Lipinski definition) is 1. The van der Waals surface area contributed by atoms with Gasteiger partial charge in [0.1, 0.15) is 5.58 Å². The molecule has 0 radical (unpaired) electrons. The Morgan fingerprint density at radius 3 is 2.43 bits per heavy atom. The van der Waals surface area contributed by atoms with Gasteiger partial charge in [0.05, 0.1) is 10.6 Å². The van der Waals surface area contributed by atoms with E-state index in [2.05, 4.69) is 9.62 Å². The number of hydrogen-bond acceptors (Lipinski definition) is 5. The molecule has 1 N–H and O–H groups in total. The van der Waals surface area contributed by atoms with Crippen molar-refractivity contribution in [3.8, 4) is 0 Å². The lowest BCUT2D eigenvalue weighted by atomic mass is 10.1. The van der Waals surface area contributed by atoms with Crippen molar-refractivity contribution in [2.75, 3.05) is 22.7 Å². The van der Waals surface area contributed by atoms with Crippen LogP contribution in [-0.4, -0.2) is 21.5 Å². The van der Waals surface area contributed by atoms with Gasteiger partial charge < -0.3 is 9.32 Å². The van der Waals surface area contributed by atoms with E-state index in [0.717, 1.165) is 42.4 Å². The van der Waals surface area contributed by atoms with Crippen molar-refractivity contribution >= 4 is 32.4 Å². The fourth-order valence-electron chi connectivity index (χ4n) is 3.57. The second-order valence-electron chi connectivity index (χ2n) is 7.16.